The molecule has 6 nitrogen and oxygen atoms in total. The van der Waals surface area contributed by atoms with Gasteiger partial charge in [-0.05, 0) is 25.8 Å². The van der Waals surface area contributed by atoms with Crippen LogP contribution in [0, 0.1) is 13.8 Å². The molecule has 1 aliphatic rings. The minimum atomic E-state index is -0.0916. The molecule has 0 saturated carbocycles. The molecule has 0 saturated heterocycles. The van der Waals surface area contributed by atoms with E-state index in [-0.39, 0.29) is 17.9 Å². The second-order valence-electron chi connectivity index (χ2n) is 6.69. The van der Waals surface area contributed by atoms with E-state index in [0.29, 0.717) is 36.6 Å². The predicted octanol–water partition coefficient (Wildman–Crippen LogP) is 2.64. The molecule has 1 N–H and O–H groups in total. The molecule has 138 valence electrons. The molecular formula is C20H20N4O2S. The van der Waals surface area contributed by atoms with E-state index < -0.39 is 0 Å². The number of hydrogen-bond donors (Lipinski definition) is 1. The third kappa shape index (κ3) is 3.55. The van der Waals surface area contributed by atoms with E-state index in [0.717, 1.165) is 21.1 Å². The van der Waals surface area contributed by atoms with Crippen molar-refractivity contribution in [1.82, 2.24) is 19.9 Å². The van der Waals surface area contributed by atoms with Crippen molar-refractivity contribution in [2.24, 2.45) is 0 Å². The van der Waals surface area contributed by atoms with Crippen molar-refractivity contribution in [3.05, 3.63) is 68.5 Å². The Balaban J connectivity index is 1.56. The van der Waals surface area contributed by atoms with Crippen LogP contribution in [-0.2, 0) is 24.2 Å². The van der Waals surface area contributed by atoms with Gasteiger partial charge >= 0.3 is 0 Å². The molecule has 1 amide bonds. The molecule has 0 aliphatic carbocycles. The van der Waals surface area contributed by atoms with Gasteiger partial charge in [0.1, 0.15) is 5.82 Å². The minimum Gasteiger partial charge on any atom is -0.336 e. The highest BCUT2D eigenvalue weighted by Crippen LogP contribution is 2.30. The zero-order valence-electron chi connectivity index (χ0n) is 15.3. The van der Waals surface area contributed by atoms with Crippen LogP contribution >= 0.6 is 11.3 Å². The summed E-state index contributed by atoms with van der Waals surface area (Å²) in [6.07, 6.45) is 0.789. The Hall–Kier alpha value is -2.80. The number of H-pyrrole nitrogens is 1. The van der Waals surface area contributed by atoms with Crippen molar-refractivity contribution in [1.29, 1.82) is 0 Å². The lowest BCUT2D eigenvalue weighted by Crippen LogP contribution is -2.40. The summed E-state index contributed by atoms with van der Waals surface area (Å²) in [7, 11) is 0. The molecule has 0 unspecified atom stereocenters. The lowest BCUT2D eigenvalue weighted by molar-refractivity contribution is -0.131. The van der Waals surface area contributed by atoms with E-state index >= 15 is 0 Å². The average molecular weight is 380 g/mol. The highest BCUT2D eigenvalue weighted by atomic mass is 32.1. The van der Waals surface area contributed by atoms with Crippen LogP contribution in [0.2, 0.25) is 0 Å². The van der Waals surface area contributed by atoms with Gasteiger partial charge < -0.3 is 9.88 Å². The Morgan fingerprint density at radius 1 is 1.22 bits per heavy atom. The number of nitrogens with one attached hydrogen (secondary N) is 1. The van der Waals surface area contributed by atoms with Crippen molar-refractivity contribution in [2.75, 3.05) is 6.54 Å². The summed E-state index contributed by atoms with van der Waals surface area (Å²) in [5.74, 6) is 0.595. The standard InChI is InChI=1S/C20H20N4O2S/c1-12-21-17-11-24(9-8-15(17)20(26)22-12)18(25)10-16-19(27-13(2)23-16)14-6-4-3-5-7-14/h3-7H,8-11H2,1-2H3,(H,21,22,26). The van der Waals surface area contributed by atoms with Gasteiger partial charge in [0.2, 0.25) is 5.91 Å². The summed E-state index contributed by atoms with van der Waals surface area (Å²) in [4.78, 5) is 39.5. The summed E-state index contributed by atoms with van der Waals surface area (Å²) < 4.78 is 0. The Morgan fingerprint density at radius 2 is 2.00 bits per heavy atom. The first-order valence-corrected chi connectivity index (χ1v) is 9.71. The second-order valence-corrected chi connectivity index (χ2v) is 7.90. The topological polar surface area (TPSA) is 79.0 Å². The highest BCUT2D eigenvalue weighted by molar-refractivity contribution is 7.15. The first-order chi connectivity index (χ1) is 13.0. The number of carbonyl (C=O) groups excluding carboxylic acids is 1. The number of fused-ring (bicyclic) bond motifs is 1. The van der Waals surface area contributed by atoms with Crippen LogP contribution in [0.15, 0.2) is 35.1 Å². The third-order valence-corrected chi connectivity index (χ3v) is 5.77. The fourth-order valence-electron chi connectivity index (χ4n) is 3.44. The van der Waals surface area contributed by atoms with Crippen LogP contribution in [0.1, 0.15) is 27.8 Å². The van der Waals surface area contributed by atoms with E-state index in [4.69, 9.17) is 0 Å². The largest absolute Gasteiger partial charge is 0.336 e. The molecule has 2 aromatic heterocycles. The molecule has 0 radical (unpaired) electrons. The van der Waals surface area contributed by atoms with Crippen LogP contribution in [-0.4, -0.2) is 32.3 Å². The molecule has 3 heterocycles. The summed E-state index contributed by atoms with van der Waals surface area (Å²) in [6.45, 7) is 4.62. The predicted molar refractivity (Wildman–Crippen MR) is 105 cm³/mol. The molecule has 7 heteroatoms. The van der Waals surface area contributed by atoms with E-state index in [1.165, 1.54) is 0 Å². The third-order valence-electron chi connectivity index (χ3n) is 4.70. The maximum absolute atomic E-state index is 12.9. The van der Waals surface area contributed by atoms with Gasteiger partial charge in [-0.15, -0.1) is 11.3 Å². The van der Waals surface area contributed by atoms with Gasteiger partial charge in [-0.3, -0.25) is 9.59 Å². The molecule has 3 aromatic rings. The van der Waals surface area contributed by atoms with E-state index in [1.807, 2.05) is 37.3 Å². The molecule has 0 bridgehead atoms. The number of nitrogens with zero attached hydrogens (tertiary/aromatic N) is 3. The summed E-state index contributed by atoms with van der Waals surface area (Å²) in [5, 5.41) is 0.949. The van der Waals surface area contributed by atoms with Gasteiger partial charge in [0.25, 0.3) is 5.56 Å². The van der Waals surface area contributed by atoms with Crippen LogP contribution in [0.25, 0.3) is 10.4 Å². The first-order valence-electron chi connectivity index (χ1n) is 8.89. The Morgan fingerprint density at radius 3 is 2.78 bits per heavy atom. The monoisotopic (exact) mass is 380 g/mol. The average Bonchev–Trinajstić information content (AvgIpc) is 3.02. The molecule has 0 fully saturated rings. The fourth-order valence-corrected chi connectivity index (χ4v) is 4.38. The zero-order chi connectivity index (χ0) is 19.0. The summed E-state index contributed by atoms with van der Waals surface area (Å²) in [6, 6.07) is 10.0. The van der Waals surface area contributed by atoms with Gasteiger partial charge in [-0.2, -0.15) is 0 Å². The highest BCUT2D eigenvalue weighted by Gasteiger charge is 2.25. The summed E-state index contributed by atoms with van der Waals surface area (Å²) in [5.41, 5.74) is 3.20. The van der Waals surface area contributed by atoms with Gasteiger partial charge in [-0.25, -0.2) is 9.97 Å². The molecule has 0 atom stereocenters. The number of amides is 1. The van der Waals surface area contributed by atoms with Gasteiger partial charge in [0, 0.05) is 12.1 Å². The van der Waals surface area contributed by atoms with E-state index in [2.05, 4.69) is 15.0 Å². The first kappa shape index (κ1) is 17.6. The van der Waals surface area contributed by atoms with Crippen molar-refractivity contribution in [2.45, 2.75) is 33.2 Å². The van der Waals surface area contributed by atoms with Crippen LogP contribution in [0.5, 0.6) is 0 Å². The smallest absolute Gasteiger partial charge is 0.254 e. The Labute approximate surface area is 160 Å². The number of aromatic amines is 1. The lowest BCUT2D eigenvalue weighted by atomic mass is 10.1. The number of rotatable bonds is 3. The quantitative estimate of drug-likeness (QED) is 0.758. The lowest BCUT2D eigenvalue weighted by Gasteiger charge is -2.27. The van der Waals surface area contributed by atoms with Crippen molar-refractivity contribution < 1.29 is 4.79 Å². The van der Waals surface area contributed by atoms with Gasteiger partial charge in [-0.1, -0.05) is 30.3 Å². The van der Waals surface area contributed by atoms with Crippen LogP contribution < -0.4 is 5.56 Å². The fraction of sp³-hybridized carbons (Fsp3) is 0.300. The van der Waals surface area contributed by atoms with Crippen LogP contribution in [0.4, 0.5) is 0 Å². The zero-order valence-corrected chi connectivity index (χ0v) is 16.1. The molecular weight excluding hydrogens is 360 g/mol. The van der Waals surface area contributed by atoms with Gasteiger partial charge in [0.15, 0.2) is 0 Å². The van der Waals surface area contributed by atoms with E-state index in [9.17, 15) is 9.59 Å². The molecule has 1 aromatic carbocycles. The van der Waals surface area contributed by atoms with E-state index in [1.54, 1.807) is 23.2 Å². The molecule has 0 spiro atoms. The Kier molecular flexibility index (Phi) is 4.61. The maximum atomic E-state index is 12.9. The number of aryl methyl sites for hydroxylation is 2. The molecule has 1 aliphatic heterocycles. The van der Waals surface area contributed by atoms with Crippen molar-refractivity contribution >= 4 is 17.2 Å². The minimum absolute atomic E-state index is 0.0165. The van der Waals surface area contributed by atoms with Gasteiger partial charge in [0.05, 0.1) is 34.2 Å². The molecule has 27 heavy (non-hydrogen) atoms. The number of thiazole rings is 1. The normalized spacial score (nSPS) is 13.5. The number of aromatic nitrogens is 3. The number of hydrogen-bond acceptors (Lipinski definition) is 5. The van der Waals surface area contributed by atoms with Crippen molar-refractivity contribution in [3.63, 3.8) is 0 Å². The van der Waals surface area contributed by atoms with Crippen LogP contribution in [0.3, 0.4) is 0 Å². The number of carbonyl (C=O) groups is 1. The number of benzene rings is 1. The SMILES string of the molecule is Cc1nc2c(c(=O)[nH]1)CCN(C(=O)Cc1nc(C)sc1-c1ccccc1)C2. The maximum Gasteiger partial charge on any atom is 0.254 e. The second kappa shape index (κ2) is 7.08. The Bertz CT molecular complexity index is 1060. The van der Waals surface area contributed by atoms with Crippen molar-refractivity contribution in [3.8, 4) is 10.4 Å². The molecule has 4 rings (SSSR count). The summed E-state index contributed by atoms with van der Waals surface area (Å²) >= 11 is 1.61.